The van der Waals surface area contributed by atoms with Crippen LogP contribution < -0.4 is 5.32 Å². The third kappa shape index (κ3) is 2.90. The third-order valence-corrected chi connectivity index (χ3v) is 6.53. The smallest absolute Gasteiger partial charge is 0.226 e. The van der Waals surface area contributed by atoms with Crippen LogP contribution in [0.1, 0.15) is 52.4 Å². The standard InChI is InChI=1S/C17H28BrNO2/c1-15-4-12-5-16(2,9-15)11-17(6-12,10-15)14(20)19-7-13(18)8-21-3/h12-13H,4-11H2,1-3H3,(H,19,20). The lowest BCUT2D eigenvalue weighted by Gasteiger charge is -2.64. The summed E-state index contributed by atoms with van der Waals surface area (Å²) in [6.45, 7) is 6.11. The molecule has 0 radical (unpaired) electrons. The summed E-state index contributed by atoms with van der Waals surface area (Å²) in [6, 6.07) is 0. The number of rotatable bonds is 5. The van der Waals surface area contributed by atoms with Gasteiger partial charge in [0, 0.05) is 13.7 Å². The summed E-state index contributed by atoms with van der Waals surface area (Å²) in [5.74, 6) is 1.06. The summed E-state index contributed by atoms with van der Waals surface area (Å²) in [5.41, 5.74) is 0.695. The lowest BCUT2D eigenvalue weighted by molar-refractivity contribution is -0.170. The number of methoxy groups -OCH3 is 1. The van der Waals surface area contributed by atoms with E-state index in [1.807, 2.05) is 0 Å². The van der Waals surface area contributed by atoms with Gasteiger partial charge in [0.05, 0.1) is 16.8 Å². The number of ether oxygens (including phenoxy) is 1. The van der Waals surface area contributed by atoms with Crippen LogP contribution in [-0.2, 0) is 9.53 Å². The maximum atomic E-state index is 12.9. The SMILES string of the molecule is COCC(Br)CNC(=O)C12CC3CC(C)(CC(C)(C3)C1)C2. The normalized spacial score (nSPS) is 45.6. The zero-order valence-electron chi connectivity index (χ0n) is 13.5. The number of halogens is 1. The van der Waals surface area contributed by atoms with Gasteiger partial charge in [-0.3, -0.25) is 4.79 Å². The minimum absolute atomic E-state index is 0.0945. The van der Waals surface area contributed by atoms with Gasteiger partial charge >= 0.3 is 0 Å². The summed E-state index contributed by atoms with van der Waals surface area (Å²) < 4.78 is 5.12. The van der Waals surface area contributed by atoms with Gasteiger partial charge in [-0.05, 0) is 55.3 Å². The largest absolute Gasteiger partial charge is 0.383 e. The van der Waals surface area contributed by atoms with Crippen molar-refractivity contribution >= 4 is 21.8 Å². The Labute approximate surface area is 136 Å². The second-order valence-electron chi connectivity index (χ2n) is 8.67. The molecule has 0 spiro atoms. The first kappa shape index (κ1) is 15.8. The number of alkyl halides is 1. The van der Waals surface area contributed by atoms with Gasteiger partial charge in [-0.1, -0.05) is 29.8 Å². The van der Waals surface area contributed by atoms with Crippen LogP contribution in [0.15, 0.2) is 0 Å². The highest BCUT2D eigenvalue weighted by molar-refractivity contribution is 9.09. The van der Waals surface area contributed by atoms with Gasteiger partial charge in [0.2, 0.25) is 5.91 Å². The molecule has 4 rings (SSSR count). The molecule has 1 amide bonds. The Hall–Kier alpha value is -0.0900. The molecule has 4 fully saturated rings. The zero-order chi connectivity index (χ0) is 15.3. The summed E-state index contributed by atoms with van der Waals surface area (Å²) in [7, 11) is 1.69. The number of carbonyl (C=O) groups is 1. The van der Waals surface area contributed by atoms with Crippen molar-refractivity contribution < 1.29 is 9.53 Å². The molecular formula is C17H28BrNO2. The van der Waals surface area contributed by atoms with E-state index in [4.69, 9.17) is 4.74 Å². The molecule has 0 heterocycles. The van der Waals surface area contributed by atoms with E-state index in [1.54, 1.807) is 7.11 Å². The van der Waals surface area contributed by atoms with E-state index >= 15 is 0 Å². The highest BCUT2D eigenvalue weighted by Crippen LogP contribution is 2.69. The third-order valence-electron chi connectivity index (χ3n) is 5.94. The van der Waals surface area contributed by atoms with E-state index in [0.717, 1.165) is 25.2 Å². The molecule has 4 saturated carbocycles. The van der Waals surface area contributed by atoms with E-state index < -0.39 is 0 Å². The van der Waals surface area contributed by atoms with Gasteiger partial charge in [0.15, 0.2) is 0 Å². The fourth-order valence-electron chi connectivity index (χ4n) is 6.33. The molecule has 4 heteroatoms. The molecule has 4 bridgehead atoms. The first-order valence-electron chi connectivity index (χ1n) is 8.20. The Morgan fingerprint density at radius 2 is 1.86 bits per heavy atom. The lowest BCUT2D eigenvalue weighted by atomic mass is 9.40. The first-order valence-corrected chi connectivity index (χ1v) is 9.11. The molecule has 0 aromatic rings. The predicted molar refractivity (Wildman–Crippen MR) is 87.4 cm³/mol. The molecule has 0 aromatic carbocycles. The number of nitrogens with one attached hydrogen (secondary N) is 1. The highest BCUT2D eigenvalue weighted by Gasteiger charge is 2.62. The Kier molecular flexibility index (Phi) is 3.93. The highest BCUT2D eigenvalue weighted by atomic mass is 79.9. The van der Waals surface area contributed by atoms with Gasteiger partial charge in [0.1, 0.15) is 0 Å². The minimum Gasteiger partial charge on any atom is -0.383 e. The number of hydrogen-bond donors (Lipinski definition) is 1. The van der Waals surface area contributed by atoms with Crippen LogP contribution in [-0.4, -0.2) is 31.0 Å². The van der Waals surface area contributed by atoms with E-state index in [0.29, 0.717) is 29.9 Å². The minimum atomic E-state index is -0.0945. The monoisotopic (exact) mass is 357 g/mol. The van der Waals surface area contributed by atoms with E-state index in [1.165, 1.54) is 19.3 Å². The summed E-state index contributed by atoms with van der Waals surface area (Å²) >= 11 is 3.56. The van der Waals surface area contributed by atoms with Crippen LogP contribution in [0.2, 0.25) is 0 Å². The van der Waals surface area contributed by atoms with Crippen LogP contribution in [0.3, 0.4) is 0 Å². The Morgan fingerprint density at radius 3 is 2.38 bits per heavy atom. The molecule has 3 unspecified atom stereocenters. The van der Waals surface area contributed by atoms with Crippen molar-refractivity contribution in [1.29, 1.82) is 0 Å². The van der Waals surface area contributed by atoms with Gasteiger partial charge in [-0.2, -0.15) is 0 Å². The lowest BCUT2D eigenvalue weighted by Crippen LogP contribution is -2.60. The molecule has 0 aliphatic heterocycles. The molecule has 4 aliphatic carbocycles. The van der Waals surface area contributed by atoms with Crippen molar-refractivity contribution in [3.05, 3.63) is 0 Å². The Bertz CT molecular complexity index is 421. The van der Waals surface area contributed by atoms with Crippen molar-refractivity contribution in [2.24, 2.45) is 22.2 Å². The van der Waals surface area contributed by atoms with Gasteiger partial charge in [0.25, 0.3) is 0 Å². The molecule has 120 valence electrons. The van der Waals surface area contributed by atoms with E-state index in [9.17, 15) is 4.79 Å². The molecule has 3 atom stereocenters. The second kappa shape index (κ2) is 5.23. The Balaban J connectivity index is 1.71. The van der Waals surface area contributed by atoms with Gasteiger partial charge < -0.3 is 10.1 Å². The fraction of sp³-hybridized carbons (Fsp3) is 0.941. The summed E-state index contributed by atoms with van der Waals surface area (Å²) in [6.07, 6.45) is 7.28. The van der Waals surface area contributed by atoms with Gasteiger partial charge in [-0.25, -0.2) is 0 Å². The quantitative estimate of drug-likeness (QED) is 0.764. The van der Waals surface area contributed by atoms with Crippen LogP contribution in [0.5, 0.6) is 0 Å². The van der Waals surface area contributed by atoms with E-state index in [2.05, 4.69) is 35.1 Å². The van der Waals surface area contributed by atoms with Crippen molar-refractivity contribution in [1.82, 2.24) is 5.32 Å². The maximum absolute atomic E-state index is 12.9. The zero-order valence-corrected chi connectivity index (χ0v) is 15.1. The molecule has 4 aliphatic rings. The molecule has 3 nitrogen and oxygen atoms in total. The average molecular weight is 358 g/mol. The second-order valence-corrected chi connectivity index (χ2v) is 9.97. The van der Waals surface area contributed by atoms with Crippen molar-refractivity contribution in [2.75, 3.05) is 20.3 Å². The molecule has 0 aromatic heterocycles. The predicted octanol–water partition coefficient (Wildman–Crippen LogP) is 3.51. The van der Waals surface area contributed by atoms with E-state index in [-0.39, 0.29) is 10.2 Å². The number of amides is 1. The Morgan fingerprint density at radius 1 is 1.24 bits per heavy atom. The number of hydrogen-bond acceptors (Lipinski definition) is 2. The van der Waals surface area contributed by atoms with Crippen molar-refractivity contribution in [3.63, 3.8) is 0 Å². The van der Waals surface area contributed by atoms with Crippen LogP contribution in [0.4, 0.5) is 0 Å². The summed E-state index contributed by atoms with van der Waals surface area (Å²) in [5, 5.41) is 3.19. The van der Waals surface area contributed by atoms with Crippen LogP contribution in [0.25, 0.3) is 0 Å². The summed E-state index contributed by atoms with van der Waals surface area (Å²) in [4.78, 5) is 13.1. The molecule has 21 heavy (non-hydrogen) atoms. The van der Waals surface area contributed by atoms with Crippen LogP contribution in [0, 0.1) is 22.2 Å². The van der Waals surface area contributed by atoms with Crippen molar-refractivity contribution in [3.8, 4) is 0 Å². The topological polar surface area (TPSA) is 38.3 Å². The average Bonchev–Trinajstić information content (AvgIpc) is 2.31. The number of carbonyl (C=O) groups excluding carboxylic acids is 1. The fourth-order valence-corrected chi connectivity index (χ4v) is 6.76. The van der Waals surface area contributed by atoms with Gasteiger partial charge in [-0.15, -0.1) is 0 Å². The molecular weight excluding hydrogens is 330 g/mol. The van der Waals surface area contributed by atoms with Crippen molar-refractivity contribution in [2.45, 2.75) is 57.2 Å². The van der Waals surface area contributed by atoms with Crippen LogP contribution >= 0.6 is 15.9 Å². The maximum Gasteiger partial charge on any atom is 0.226 e. The molecule has 1 N–H and O–H groups in total. The molecule has 0 saturated heterocycles. The first-order chi connectivity index (χ1) is 9.78.